The van der Waals surface area contributed by atoms with Crippen molar-refractivity contribution in [2.45, 2.75) is 25.4 Å². The summed E-state index contributed by atoms with van der Waals surface area (Å²) in [6, 6.07) is 11.5. The predicted molar refractivity (Wildman–Crippen MR) is 132 cm³/mol. The van der Waals surface area contributed by atoms with E-state index in [2.05, 4.69) is 32.4 Å². The van der Waals surface area contributed by atoms with E-state index in [1.165, 1.54) is 12.4 Å². The number of nitrogens with one attached hydrogen (secondary N) is 2. The highest BCUT2D eigenvalue weighted by Crippen LogP contribution is 2.29. The van der Waals surface area contributed by atoms with Crippen molar-refractivity contribution in [1.82, 2.24) is 19.9 Å². The van der Waals surface area contributed by atoms with Crippen LogP contribution in [0.4, 0.5) is 14.5 Å². The van der Waals surface area contributed by atoms with E-state index in [0.29, 0.717) is 11.6 Å². The topological polar surface area (TPSA) is 88.9 Å². The van der Waals surface area contributed by atoms with Gasteiger partial charge in [0.2, 0.25) is 0 Å². The van der Waals surface area contributed by atoms with Crippen LogP contribution < -0.4 is 16.2 Å². The minimum absolute atomic E-state index is 0.0224. The van der Waals surface area contributed by atoms with Crippen LogP contribution in [0.15, 0.2) is 66.0 Å². The zero-order chi connectivity index (χ0) is 25.1. The number of pyridine rings is 1. The fourth-order valence-corrected chi connectivity index (χ4v) is 3.72. The van der Waals surface area contributed by atoms with Crippen molar-refractivity contribution in [3.8, 4) is 11.8 Å². The van der Waals surface area contributed by atoms with Gasteiger partial charge in [0.1, 0.15) is 5.56 Å². The molecule has 0 atom stereocenters. The quantitative estimate of drug-likeness (QED) is 0.409. The molecule has 0 saturated heterocycles. The van der Waals surface area contributed by atoms with Gasteiger partial charge >= 0.3 is 0 Å². The van der Waals surface area contributed by atoms with Crippen LogP contribution in [0.2, 0.25) is 0 Å². The average molecular weight is 485 g/mol. The van der Waals surface area contributed by atoms with Crippen molar-refractivity contribution in [3.63, 3.8) is 0 Å². The molecule has 4 aromatic rings. The Labute approximate surface area is 205 Å². The maximum absolute atomic E-state index is 13.5. The van der Waals surface area contributed by atoms with E-state index in [4.69, 9.17) is 0 Å². The Bertz CT molecular complexity index is 1580. The Morgan fingerprint density at radius 2 is 1.97 bits per heavy atom. The standard InChI is InChI=1S/C27H21F2N5O2/c28-22-7-3-18(13-23(22)29)15-34-16-30-14-21(27(34)36)26(35)32-10-1-2-17-4-8-24-20(12-17)25(9-11-31-24)33-19-5-6-19/h3-4,7-9,11-14,16,19H,5-6,10,15H2,(H,31,33)(H,32,35). The summed E-state index contributed by atoms with van der Waals surface area (Å²) in [7, 11) is 0. The Balaban J connectivity index is 1.26. The van der Waals surface area contributed by atoms with Gasteiger partial charge in [0, 0.05) is 35.1 Å². The van der Waals surface area contributed by atoms with Crippen molar-refractivity contribution in [1.29, 1.82) is 0 Å². The number of hydrogen-bond acceptors (Lipinski definition) is 5. The summed E-state index contributed by atoms with van der Waals surface area (Å²) in [5.41, 5.74) is 2.26. The molecule has 9 heteroatoms. The highest BCUT2D eigenvalue weighted by atomic mass is 19.2. The molecule has 2 aromatic heterocycles. The fraction of sp³-hybridized carbons (Fsp3) is 0.185. The van der Waals surface area contributed by atoms with Gasteiger partial charge in [-0.15, -0.1) is 0 Å². The number of benzene rings is 2. The lowest BCUT2D eigenvalue weighted by Crippen LogP contribution is -2.33. The minimum Gasteiger partial charge on any atom is -0.382 e. The molecule has 0 bridgehead atoms. The molecule has 1 aliphatic rings. The van der Waals surface area contributed by atoms with Crippen LogP contribution in [0.1, 0.15) is 34.3 Å². The van der Waals surface area contributed by atoms with Crippen LogP contribution in [0.5, 0.6) is 0 Å². The zero-order valence-electron chi connectivity index (χ0n) is 19.1. The smallest absolute Gasteiger partial charge is 0.266 e. The molecule has 0 aliphatic heterocycles. The molecular formula is C27H21F2N5O2. The Morgan fingerprint density at radius 1 is 1.11 bits per heavy atom. The van der Waals surface area contributed by atoms with Gasteiger partial charge in [-0.05, 0) is 54.8 Å². The summed E-state index contributed by atoms with van der Waals surface area (Å²) >= 11 is 0. The van der Waals surface area contributed by atoms with E-state index >= 15 is 0 Å². The lowest BCUT2D eigenvalue weighted by molar-refractivity contribution is 0.0956. The highest BCUT2D eigenvalue weighted by Gasteiger charge is 2.21. The second kappa shape index (κ2) is 9.96. The molecule has 36 heavy (non-hydrogen) atoms. The molecule has 0 radical (unpaired) electrons. The SMILES string of the molecule is O=C(NCC#Cc1ccc2nccc(NC3CC3)c2c1)c1cncn(Cc2ccc(F)c(F)c2)c1=O. The lowest BCUT2D eigenvalue weighted by Gasteiger charge is -2.08. The first-order valence-electron chi connectivity index (χ1n) is 11.4. The number of anilines is 1. The molecule has 180 valence electrons. The molecule has 2 heterocycles. The summed E-state index contributed by atoms with van der Waals surface area (Å²) in [6.45, 7) is -0.0348. The molecular weight excluding hydrogens is 464 g/mol. The summed E-state index contributed by atoms with van der Waals surface area (Å²) < 4.78 is 27.8. The van der Waals surface area contributed by atoms with E-state index in [1.54, 1.807) is 6.20 Å². The normalized spacial score (nSPS) is 12.6. The van der Waals surface area contributed by atoms with Gasteiger partial charge in [0.25, 0.3) is 11.5 Å². The zero-order valence-corrected chi connectivity index (χ0v) is 19.1. The molecule has 1 amide bonds. The van der Waals surface area contributed by atoms with Crippen molar-refractivity contribution in [3.05, 3.63) is 99.9 Å². The molecule has 2 aromatic carbocycles. The number of aromatic nitrogens is 3. The largest absolute Gasteiger partial charge is 0.382 e. The Kier molecular flexibility index (Phi) is 6.41. The van der Waals surface area contributed by atoms with E-state index in [9.17, 15) is 18.4 Å². The van der Waals surface area contributed by atoms with Gasteiger partial charge in [0.05, 0.1) is 24.9 Å². The molecule has 5 rings (SSSR count). The van der Waals surface area contributed by atoms with Crippen LogP contribution in [0, 0.1) is 23.5 Å². The monoisotopic (exact) mass is 485 g/mol. The number of nitrogens with zero attached hydrogens (tertiary/aromatic N) is 3. The average Bonchev–Trinajstić information content (AvgIpc) is 3.70. The number of fused-ring (bicyclic) bond motifs is 1. The van der Waals surface area contributed by atoms with Gasteiger partial charge in [-0.25, -0.2) is 13.8 Å². The summed E-state index contributed by atoms with van der Waals surface area (Å²) in [4.78, 5) is 33.6. The molecule has 0 spiro atoms. The summed E-state index contributed by atoms with van der Waals surface area (Å²) in [5.74, 6) is 3.30. The van der Waals surface area contributed by atoms with Crippen molar-refractivity contribution in [2.75, 3.05) is 11.9 Å². The van der Waals surface area contributed by atoms with Crippen molar-refractivity contribution in [2.24, 2.45) is 0 Å². The summed E-state index contributed by atoms with van der Waals surface area (Å²) in [5, 5.41) is 7.08. The third kappa shape index (κ3) is 5.23. The molecule has 0 unspecified atom stereocenters. The van der Waals surface area contributed by atoms with Crippen LogP contribution >= 0.6 is 0 Å². The molecule has 1 aliphatic carbocycles. The third-order valence-corrected chi connectivity index (χ3v) is 5.73. The minimum atomic E-state index is -1.01. The molecule has 1 fully saturated rings. The van der Waals surface area contributed by atoms with Gasteiger partial charge in [-0.1, -0.05) is 17.9 Å². The van der Waals surface area contributed by atoms with Crippen molar-refractivity contribution >= 4 is 22.5 Å². The number of carbonyl (C=O) groups excluding carboxylic acids is 1. The lowest BCUT2D eigenvalue weighted by atomic mass is 10.1. The van der Waals surface area contributed by atoms with Crippen LogP contribution in [0.25, 0.3) is 10.9 Å². The molecule has 1 saturated carbocycles. The van der Waals surface area contributed by atoms with Crippen LogP contribution in [0.3, 0.4) is 0 Å². The van der Waals surface area contributed by atoms with E-state index in [-0.39, 0.29) is 18.7 Å². The maximum Gasteiger partial charge on any atom is 0.266 e. The number of amides is 1. The molecule has 2 N–H and O–H groups in total. The van der Waals surface area contributed by atoms with Gasteiger partial charge < -0.3 is 10.6 Å². The first-order chi connectivity index (χ1) is 17.5. The van der Waals surface area contributed by atoms with E-state index < -0.39 is 23.1 Å². The Morgan fingerprint density at radius 3 is 2.78 bits per heavy atom. The first kappa shape index (κ1) is 23.2. The van der Waals surface area contributed by atoms with Gasteiger partial charge in [-0.2, -0.15) is 0 Å². The van der Waals surface area contributed by atoms with Gasteiger partial charge in [0.15, 0.2) is 11.6 Å². The molecule has 7 nitrogen and oxygen atoms in total. The fourth-order valence-electron chi connectivity index (χ4n) is 3.72. The second-order valence-corrected chi connectivity index (χ2v) is 8.48. The van der Waals surface area contributed by atoms with Crippen molar-refractivity contribution < 1.29 is 13.6 Å². The van der Waals surface area contributed by atoms with Gasteiger partial charge in [-0.3, -0.25) is 19.1 Å². The number of carbonyl (C=O) groups is 1. The predicted octanol–water partition coefficient (Wildman–Crippen LogP) is 3.47. The summed E-state index contributed by atoms with van der Waals surface area (Å²) in [6.07, 6.45) is 6.50. The van der Waals surface area contributed by atoms with E-state index in [1.807, 2.05) is 24.3 Å². The maximum atomic E-state index is 13.5. The van der Waals surface area contributed by atoms with Crippen LogP contribution in [-0.4, -0.2) is 33.0 Å². The van der Waals surface area contributed by atoms with Crippen LogP contribution in [-0.2, 0) is 6.54 Å². The number of halogens is 2. The number of rotatable bonds is 6. The number of hydrogen-bond donors (Lipinski definition) is 2. The second-order valence-electron chi connectivity index (χ2n) is 8.48. The van der Waals surface area contributed by atoms with E-state index in [0.717, 1.165) is 57.9 Å². The third-order valence-electron chi connectivity index (χ3n) is 5.73. The first-order valence-corrected chi connectivity index (χ1v) is 11.4. The highest BCUT2D eigenvalue weighted by molar-refractivity contribution is 5.94. The Hall–Kier alpha value is -4.58.